The zero-order chi connectivity index (χ0) is 19.3. The van der Waals surface area contributed by atoms with E-state index in [4.69, 9.17) is 16.3 Å². The van der Waals surface area contributed by atoms with E-state index in [1.165, 1.54) is 24.1 Å². The first kappa shape index (κ1) is 18.7. The molecule has 7 nitrogen and oxygen atoms in total. The number of nitrogens with zero attached hydrogens (tertiary/aromatic N) is 2. The number of fused-ring (bicyclic) bond motifs is 2. The van der Waals surface area contributed by atoms with Crippen molar-refractivity contribution < 1.29 is 22.7 Å². The molecular weight excluding hydrogens is 392 g/mol. The van der Waals surface area contributed by atoms with Gasteiger partial charge in [0.15, 0.2) is 0 Å². The van der Waals surface area contributed by atoms with Crippen LogP contribution in [-0.4, -0.2) is 54.7 Å². The van der Waals surface area contributed by atoms with E-state index >= 15 is 0 Å². The van der Waals surface area contributed by atoms with Crippen LogP contribution in [0, 0.1) is 0 Å². The van der Waals surface area contributed by atoms with E-state index in [9.17, 15) is 18.0 Å². The number of likely N-dealkylation sites (tertiary alicyclic amines) is 1. The summed E-state index contributed by atoms with van der Waals surface area (Å²) in [6.45, 7) is 0. The van der Waals surface area contributed by atoms with Crippen molar-refractivity contribution in [3.05, 3.63) is 23.2 Å². The van der Waals surface area contributed by atoms with Crippen LogP contribution in [-0.2, 0) is 19.6 Å². The third kappa shape index (κ3) is 3.03. The minimum Gasteiger partial charge on any atom is -0.495 e. The molecule has 2 amide bonds. The Morgan fingerprint density at radius 2 is 1.63 bits per heavy atom. The normalized spacial score (nSPS) is 28.8. The predicted molar refractivity (Wildman–Crippen MR) is 97.9 cm³/mol. The lowest BCUT2D eigenvalue weighted by molar-refractivity contribution is -0.142. The Morgan fingerprint density at radius 1 is 1.04 bits per heavy atom. The number of carbonyl (C=O) groups excluding carboxylic acids is 2. The monoisotopic (exact) mass is 412 g/mol. The summed E-state index contributed by atoms with van der Waals surface area (Å²) in [4.78, 5) is 25.6. The molecule has 0 saturated carbocycles. The average Bonchev–Trinajstić information content (AvgIpc) is 3.11. The van der Waals surface area contributed by atoms with Gasteiger partial charge in [-0.3, -0.25) is 14.5 Å². The number of ether oxygens (including phenoxy) is 1. The van der Waals surface area contributed by atoms with Gasteiger partial charge in [-0.15, -0.1) is 0 Å². The second-order valence-electron chi connectivity index (χ2n) is 7.30. The van der Waals surface area contributed by atoms with E-state index in [1.807, 2.05) is 0 Å². The predicted octanol–water partition coefficient (Wildman–Crippen LogP) is 2.18. The number of methoxy groups -OCH3 is 1. The minimum atomic E-state index is -3.71. The Morgan fingerprint density at radius 3 is 2.15 bits per heavy atom. The molecule has 2 bridgehead atoms. The third-order valence-electron chi connectivity index (χ3n) is 5.80. The highest BCUT2D eigenvalue weighted by atomic mass is 35.5. The number of sulfonamides is 1. The number of halogens is 1. The summed E-state index contributed by atoms with van der Waals surface area (Å²) in [5, 5.41) is 0.245. The molecule has 3 heterocycles. The molecule has 9 heteroatoms. The van der Waals surface area contributed by atoms with E-state index in [-0.39, 0.29) is 52.7 Å². The van der Waals surface area contributed by atoms with E-state index < -0.39 is 10.0 Å². The van der Waals surface area contributed by atoms with Gasteiger partial charge >= 0.3 is 0 Å². The number of piperidine rings is 1. The third-order valence-corrected chi connectivity index (χ3v) is 8.09. The van der Waals surface area contributed by atoms with Gasteiger partial charge in [-0.2, -0.15) is 4.31 Å². The van der Waals surface area contributed by atoms with E-state index in [2.05, 4.69) is 0 Å². The van der Waals surface area contributed by atoms with Gasteiger partial charge in [0.25, 0.3) is 0 Å². The van der Waals surface area contributed by atoms with Crippen molar-refractivity contribution in [1.82, 2.24) is 9.21 Å². The van der Waals surface area contributed by atoms with Crippen molar-refractivity contribution >= 4 is 33.4 Å². The Kier molecular flexibility index (Phi) is 4.68. The van der Waals surface area contributed by atoms with Gasteiger partial charge in [0.2, 0.25) is 21.8 Å². The molecule has 3 saturated heterocycles. The number of benzene rings is 1. The lowest BCUT2D eigenvalue weighted by atomic mass is 9.98. The second-order valence-corrected chi connectivity index (χ2v) is 9.55. The van der Waals surface area contributed by atoms with Crippen molar-refractivity contribution in [2.45, 2.75) is 61.5 Å². The van der Waals surface area contributed by atoms with Gasteiger partial charge in [0.1, 0.15) is 5.75 Å². The molecule has 3 fully saturated rings. The topological polar surface area (TPSA) is 84.0 Å². The quantitative estimate of drug-likeness (QED) is 0.708. The zero-order valence-electron chi connectivity index (χ0n) is 14.9. The maximum atomic E-state index is 13.2. The summed E-state index contributed by atoms with van der Waals surface area (Å²) in [6, 6.07) is 3.84. The smallest absolute Gasteiger partial charge is 0.243 e. The molecule has 4 rings (SSSR count). The van der Waals surface area contributed by atoms with Crippen LogP contribution < -0.4 is 4.74 Å². The van der Waals surface area contributed by atoms with Crippen molar-refractivity contribution in [2.24, 2.45) is 0 Å². The number of hydrogen-bond donors (Lipinski definition) is 0. The maximum absolute atomic E-state index is 13.2. The van der Waals surface area contributed by atoms with Gasteiger partial charge < -0.3 is 4.74 Å². The number of rotatable bonds is 4. The first-order valence-electron chi connectivity index (χ1n) is 9.05. The summed E-state index contributed by atoms with van der Waals surface area (Å²) < 4.78 is 33.1. The van der Waals surface area contributed by atoms with Gasteiger partial charge in [0, 0.05) is 31.0 Å². The summed E-state index contributed by atoms with van der Waals surface area (Å²) in [6.07, 6.45) is 2.99. The fourth-order valence-electron chi connectivity index (χ4n) is 4.64. The number of imide groups is 1. The molecule has 0 unspecified atom stereocenters. The van der Waals surface area contributed by atoms with E-state index in [0.717, 1.165) is 12.8 Å². The van der Waals surface area contributed by atoms with Crippen LogP contribution in [0.25, 0.3) is 0 Å². The maximum Gasteiger partial charge on any atom is 0.243 e. The Hall–Kier alpha value is -1.64. The molecule has 1 aromatic carbocycles. The van der Waals surface area contributed by atoms with Crippen LogP contribution in [0.3, 0.4) is 0 Å². The number of amides is 2. The van der Waals surface area contributed by atoms with Crippen LogP contribution in [0.4, 0.5) is 0 Å². The minimum absolute atomic E-state index is 0.136. The molecule has 27 heavy (non-hydrogen) atoms. The highest BCUT2D eigenvalue weighted by molar-refractivity contribution is 7.89. The van der Waals surface area contributed by atoms with E-state index in [0.29, 0.717) is 18.6 Å². The lowest BCUT2D eigenvalue weighted by Gasteiger charge is -2.40. The number of carbonyl (C=O) groups is 2. The molecule has 2 atom stereocenters. The molecule has 0 N–H and O–H groups in total. The van der Waals surface area contributed by atoms with Crippen LogP contribution in [0.5, 0.6) is 5.75 Å². The molecule has 0 aliphatic carbocycles. The second kappa shape index (κ2) is 6.76. The molecule has 1 aromatic rings. The molecular formula is C18H21ClN2O5S. The number of hydrogen-bond acceptors (Lipinski definition) is 5. The van der Waals surface area contributed by atoms with Gasteiger partial charge in [0.05, 0.1) is 17.0 Å². The Labute approximate surface area is 163 Å². The molecule has 0 radical (unpaired) electrons. The van der Waals surface area contributed by atoms with Crippen molar-refractivity contribution in [1.29, 1.82) is 0 Å². The van der Waals surface area contributed by atoms with Crippen molar-refractivity contribution in [3.63, 3.8) is 0 Å². The molecule has 146 valence electrons. The summed E-state index contributed by atoms with van der Waals surface area (Å²) in [5.41, 5.74) is 0. The van der Waals surface area contributed by atoms with Crippen LogP contribution >= 0.6 is 11.6 Å². The fourth-order valence-corrected chi connectivity index (χ4v) is 6.88. The SMILES string of the molecule is COc1ccc(S(=O)(=O)N2[C@H]3CC[C@H]2CC(N2C(=O)CCC2=O)C3)cc1Cl. The first-order chi connectivity index (χ1) is 12.8. The summed E-state index contributed by atoms with van der Waals surface area (Å²) in [5.74, 6) is 0.147. The van der Waals surface area contributed by atoms with Crippen LogP contribution in [0.2, 0.25) is 5.02 Å². The zero-order valence-corrected chi connectivity index (χ0v) is 16.5. The van der Waals surface area contributed by atoms with Gasteiger partial charge in [-0.1, -0.05) is 11.6 Å². The van der Waals surface area contributed by atoms with Crippen LogP contribution in [0.1, 0.15) is 38.5 Å². The molecule has 0 spiro atoms. The standard InChI is InChI=1S/C18H21ClN2O5S/c1-26-16-5-4-14(10-15(16)19)27(24,25)21-11-2-3-12(21)9-13(8-11)20-17(22)6-7-18(20)23/h4-5,10-13H,2-3,6-9H2,1H3/t11-,12-/m0/s1. The largest absolute Gasteiger partial charge is 0.495 e. The molecule has 3 aliphatic rings. The van der Waals surface area contributed by atoms with Gasteiger partial charge in [-0.25, -0.2) is 8.42 Å². The first-order valence-corrected chi connectivity index (χ1v) is 10.9. The Balaban J connectivity index is 1.60. The summed E-state index contributed by atoms with van der Waals surface area (Å²) in [7, 11) is -2.24. The summed E-state index contributed by atoms with van der Waals surface area (Å²) >= 11 is 6.11. The van der Waals surface area contributed by atoms with E-state index in [1.54, 1.807) is 10.4 Å². The van der Waals surface area contributed by atoms with Crippen molar-refractivity contribution in [3.8, 4) is 5.75 Å². The Bertz CT molecular complexity index is 873. The van der Waals surface area contributed by atoms with Crippen LogP contribution in [0.15, 0.2) is 23.1 Å². The lowest BCUT2D eigenvalue weighted by Crippen LogP contribution is -2.53. The molecule has 0 aromatic heterocycles. The highest BCUT2D eigenvalue weighted by Gasteiger charge is 2.50. The average molecular weight is 413 g/mol. The fraction of sp³-hybridized carbons (Fsp3) is 0.556. The molecule has 3 aliphatic heterocycles. The van der Waals surface area contributed by atoms with Gasteiger partial charge in [-0.05, 0) is 43.9 Å². The van der Waals surface area contributed by atoms with Crippen molar-refractivity contribution in [2.75, 3.05) is 7.11 Å². The highest BCUT2D eigenvalue weighted by Crippen LogP contribution is 2.42.